The third-order valence-corrected chi connectivity index (χ3v) is 4.90. The molecule has 0 radical (unpaired) electrons. The first-order valence-corrected chi connectivity index (χ1v) is 9.31. The number of hydrogen-bond donors (Lipinski definition) is 0. The minimum Gasteiger partial charge on any atom is -0.493 e. The zero-order valence-electron chi connectivity index (χ0n) is 15.7. The van der Waals surface area contributed by atoms with Crippen LogP contribution in [0.15, 0.2) is 42.7 Å². The molecule has 0 N–H and O–H groups in total. The fourth-order valence-corrected chi connectivity index (χ4v) is 3.61. The average Bonchev–Trinajstić information content (AvgIpc) is 2.72. The number of aromatic nitrogens is 1. The number of piperidine rings is 1. The van der Waals surface area contributed by atoms with Gasteiger partial charge in [0.25, 0.3) is 0 Å². The van der Waals surface area contributed by atoms with Crippen LogP contribution in [0, 0.1) is 0 Å². The fraction of sp³-hybridized carbons (Fsp3) is 0.476. The Morgan fingerprint density at radius 3 is 2.58 bits per heavy atom. The summed E-state index contributed by atoms with van der Waals surface area (Å²) in [6.07, 6.45) is 8.54. The van der Waals surface area contributed by atoms with Gasteiger partial charge in [-0.15, -0.1) is 0 Å². The minimum atomic E-state index is 0.471. The lowest BCUT2D eigenvalue weighted by molar-refractivity contribution is 0.136. The van der Waals surface area contributed by atoms with Crippen molar-refractivity contribution in [2.24, 2.45) is 0 Å². The van der Waals surface area contributed by atoms with Crippen molar-refractivity contribution in [1.82, 2.24) is 9.88 Å². The summed E-state index contributed by atoms with van der Waals surface area (Å²) in [5.41, 5.74) is 1.32. The van der Waals surface area contributed by atoms with E-state index in [0.717, 1.165) is 19.5 Å². The lowest BCUT2D eigenvalue weighted by Crippen LogP contribution is -2.34. The highest BCUT2D eigenvalue weighted by Crippen LogP contribution is 2.37. The van der Waals surface area contributed by atoms with Gasteiger partial charge in [-0.25, -0.2) is 0 Å². The Hall–Kier alpha value is -2.27. The molecule has 1 atom stereocenters. The summed E-state index contributed by atoms with van der Waals surface area (Å²) in [7, 11) is 3.29. The molecular weight excluding hydrogens is 328 g/mol. The van der Waals surface area contributed by atoms with E-state index >= 15 is 0 Å². The van der Waals surface area contributed by atoms with Crippen LogP contribution in [0.5, 0.6) is 17.2 Å². The van der Waals surface area contributed by atoms with Crippen LogP contribution in [0.25, 0.3) is 0 Å². The molecule has 1 aromatic heterocycles. The van der Waals surface area contributed by atoms with Gasteiger partial charge < -0.3 is 14.2 Å². The highest BCUT2D eigenvalue weighted by molar-refractivity contribution is 5.51. The average molecular weight is 356 g/mol. The summed E-state index contributed by atoms with van der Waals surface area (Å²) in [6.45, 7) is 2.78. The molecule has 5 nitrogen and oxygen atoms in total. The van der Waals surface area contributed by atoms with Crippen LogP contribution in [-0.2, 0) is 0 Å². The third kappa shape index (κ3) is 4.47. The molecule has 1 fully saturated rings. The second-order valence-electron chi connectivity index (χ2n) is 6.53. The van der Waals surface area contributed by atoms with Crippen LogP contribution in [0.1, 0.15) is 37.3 Å². The van der Waals surface area contributed by atoms with E-state index in [1.807, 2.05) is 36.7 Å². The number of likely N-dealkylation sites (tertiary alicyclic amines) is 1. The van der Waals surface area contributed by atoms with Crippen LogP contribution < -0.4 is 14.2 Å². The van der Waals surface area contributed by atoms with Crippen LogP contribution in [-0.4, -0.2) is 43.8 Å². The van der Waals surface area contributed by atoms with E-state index in [1.165, 1.54) is 24.8 Å². The number of ether oxygens (including phenoxy) is 3. The largest absolute Gasteiger partial charge is 0.493 e. The predicted molar refractivity (Wildman–Crippen MR) is 102 cm³/mol. The molecule has 0 spiro atoms. The van der Waals surface area contributed by atoms with Gasteiger partial charge in [0.15, 0.2) is 11.5 Å². The van der Waals surface area contributed by atoms with Gasteiger partial charge in [0.1, 0.15) is 0 Å². The number of rotatable bonds is 8. The molecule has 1 aliphatic heterocycles. The molecule has 1 saturated heterocycles. The second-order valence-corrected chi connectivity index (χ2v) is 6.53. The van der Waals surface area contributed by atoms with E-state index in [1.54, 1.807) is 14.2 Å². The highest BCUT2D eigenvalue weighted by Gasteiger charge is 2.23. The van der Waals surface area contributed by atoms with Crippen molar-refractivity contribution in [1.29, 1.82) is 0 Å². The molecular formula is C21H28N2O3. The number of hydrogen-bond acceptors (Lipinski definition) is 5. The van der Waals surface area contributed by atoms with Gasteiger partial charge in [-0.2, -0.15) is 0 Å². The molecule has 26 heavy (non-hydrogen) atoms. The van der Waals surface area contributed by atoms with E-state index in [4.69, 9.17) is 14.2 Å². The lowest BCUT2D eigenvalue weighted by Gasteiger charge is -2.35. The van der Waals surface area contributed by atoms with Gasteiger partial charge in [0, 0.05) is 25.0 Å². The molecule has 1 aromatic carbocycles. The van der Waals surface area contributed by atoms with Gasteiger partial charge in [-0.3, -0.25) is 9.88 Å². The maximum atomic E-state index is 5.99. The Balaban J connectivity index is 1.56. The topological polar surface area (TPSA) is 43.8 Å². The molecule has 5 heteroatoms. The van der Waals surface area contributed by atoms with E-state index in [9.17, 15) is 0 Å². The van der Waals surface area contributed by atoms with Gasteiger partial charge in [0.2, 0.25) is 5.75 Å². The van der Waals surface area contributed by atoms with Crippen molar-refractivity contribution in [3.05, 3.63) is 48.3 Å². The first-order chi connectivity index (χ1) is 12.8. The van der Waals surface area contributed by atoms with Gasteiger partial charge in [-0.1, -0.05) is 18.6 Å². The normalized spacial score (nSPS) is 17.7. The zero-order chi connectivity index (χ0) is 18.2. The Bertz CT molecular complexity index is 656. The first-order valence-electron chi connectivity index (χ1n) is 9.31. The standard InChI is InChI=1S/C21H28N2O3/c1-24-19-10-5-11-20(25-2)21(19)26-15-7-14-23-13-4-3-9-18(23)17-8-6-12-22-16-17/h5-6,8,10-12,16,18H,3-4,7,9,13-15H2,1-2H3. The monoisotopic (exact) mass is 356 g/mol. The van der Waals surface area contributed by atoms with E-state index in [-0.39, 0.29) is 0 Å². The van der Waals surface area contributed by atoms with E-state index in [0.29, 0.717) is 29.9 Å². The molecule has 1 aliphatic rings. The molecule has 2 aromatic rings. The molecule has 140 valence electrons. The summed E-state index contributed by atoms with van der Waals surface area (Å²) in [4.78, 5) is 6.85. The van der Waals surface area contributed by atoms with Crippen LogP contribution in [0.3, 0.4) is 0 Å². The van der Waals surface area contributed by atoms with E-state index in [2.05, 4.69) is 16.0 Å². The summed E-state index contributed by atoms with van der Waals surface area (Å²) in [5.74, 6) is 2.09. The van der Waals surface area contributed by atoms with Crippen molar-refractivity contribution in [3.8, 4) is 17.2 Å². The van der Waals surface area contributed by atoms with Crippen molar-refractivity contribution in [3.63, 3.8) is 0 Å². The fourth-order valence-electron chi connectivity index (χ4n) is 3.61. The van der Waals surface area contributed by atoms with Crippen LogP contribution in [0.2, 0.25) is 0 Å². The van der Waals surface area contributed by atoms with Crippen molar-refractivity contribution >= 4 is 0 Å². The summed E-state index contributed by atoms with van der Waals surface area (Å²) >= 11 is 0. The Labute approximate surface area is 155 Å². The Kier molecular flexibility index (Phi) is 6.72. The van der Waals surface area contributed by atoms with Gasteiger partial charge in [-0.05, 0) is 49.6 Å². The first kappa shape index (κ1) is 18.5. The van der Waals surface area contributed by atoms with Crippen molar-refractivity contribution < 1.29 is 14.2 Å². The SMILES string of the molecule is COc1cccc(OC)c1OCCCN1CCCCC1c1cccnc1. The van der Waals surface area contributed by atoms with Crippen LogP contribution >= 0.6 is 0 Å². The highest BCUT2D eigenvalue weighted by atomic mass is 16.5. The number of nitrogens with zero attached hydrogens (tertiary/aromatic N) is 2. The van der Waals surface area contributed by atoms with Gasteiger partial charge in [0.05, 0.1) is 20.8 Å². The molecule has 2 heterocycles. The maximum Gasteiger partial charge on any atom is 0.203 e. The maximum absolute atomic E-state index is 5.99. The molecule has 0 saturated carbocycles. The minimum absolute atomic E-state index is 0.471. The van der Waals surface area contributed by atoms with Crippen molar-refractivity contribution in [2.45, 2.75) is 31.7 Å². The van der Waals surface area contributed by atoms with Crippen LogP contribution in [0.4, 0.5) is 0 Å². The second kappa shape index (κ2) is 9.43. The summed E-state index contributed by atoms with van der Waals surface area (Å²) < 4.78 is 16.8. The lowest BCUT2D eigenvalue weighted by atomic mass is 9.96. The summed E-state index contributed by atoms with van der Waals surface area (Å²) in [5, 5.41) is 0. The number of pyridine rings is 1. The molecule has 0 aliphatic carbocycles. The number of para-hydroxylation sites is 1. The molecule has 3 rings (SSSR count). The predicted octanol–water partition coefficient (Wildman–Crippen LogP) is 4.09. The smallest absolute Gasteiger partial charge is 0.203 e. The molecule has 1 unspecified atom stereocenters. The Morgan fingerprint density at radius 1 is 1.08 bits per heavy atom. The van der Waals surface area contributed by atoms with Gasteiger partial charge >= 0.3 is 0 Å². The molecule has 0 bridgehead atoms. The zero-order valence-corrected chi connectivity index (χ0v) is 15.7. The molecule has 0 amide bonds. The Morgan fingerprint density at radius 2 is 1.88 bits per heavy atom. The number of benzene rings is 1. The van der Waals surface area contributed by atoms with E-state index < -0.39 is 0 Å². The number of methoxy groups -OCH3 is 2. The quantitative estimate of drug-likeness (QED) is 0.667. The third-order valence-electron chi connectivity index (χ3n) is 4.90. The summed E-state index contributed by atoms with van der Waals surface area (Å²) in [6, 6.07) is 10.4. The van der Waals surface area contributed by atoms with Crippen molar-refractivity contribution in [2.75, 3.05) is 33.9 Å².